The third-order valence-corrected chi connectivity index (χ3v) is 5.26. The van der Waals surface area contributed by atoms with E-state index in [1.165, 1.54) is 0 Å². The van der Waals surface area contributed by atoms with E-state index < -0.39 is 0 Å². The summed E-state index contributed by atoms with van der Waals surface area (Å²) in [5, 5.41) is 0. The molecule has 6 heteroatoms. The molecule has 0 aromatic rings. The Bertz CT molecular complexity index is 404. The van der Waals surface area contributed by atoms with Gasteiger partial charge in [-0.1, -0.05) is 0 Å². The van der Waals surface area contributed by atoms with Gasteiger partial charge in [0, 0.05) is 58.8 Å². The third-order valence-electron chi connectivity index (χ3n) is 5.26. The van der Waals surface area contributed by atoms with Crippen LogP contribution in [-0.2, 0) is 14.3 Å². The molecule has 3 saturated heterocycles. The fraction of sp³-hybridized carbons (Fsp3) is 0.941. The molecule has 0 bridgehead atoms. The molecule has 0 aromatic heterocycles. The van der Waals surface area contributed by atoms with Gasteiger partial charge in [-0.3, -0.25) is 9.69 Å². The van der Waals surface area contributed by atoms with Gasteiger partial charge in [0.2, 0.25) is 5.91 Å². The van der Waals surface area contributed by atoms with Gasteiger partial charge >= 0.3 is 0 Å². The van der Waals surface area contributed by atoms with Crippen LogP contribution in [0.25, 0.3) is 0 Å². The molecule has 1 amide bonds. The van der Waals surface area contributed by atoms with E-state index in [1.807, 2.05) is 4.90 Å². The smallest absolute Gasteiger partial charge is 0.223 e. The largest absolute Gasteiger partial charge is 0.378 e. The standard InChI is InChI=1S/C17H31N3O3/c1-15-12-19(13-17(23-15)5-3-11-22-14-17)6-4-16(21)20-9-7-18(2)8-10-20/h15H,3-14H2,1-2H3/t15-,17+/m1/s1. The van der Waals surface area contributed by atoms with E-state index in [9.17, 15) is 4.79 Å². The number of hydrogen-bond acceptors (Lipinski definition) is 5. The van der Waals surface area contributed by atoms with Gasteiger partial charge in [-0.25, -0.2) is 0 Å². The van der Waals surface area contributed by atoms with E-state index in [0.29, 0.717) is 18.9 Å². The second kappa shape index (κ2) is 7.47. The minimum atomic E-state index is -0.146. The Morgan fingerprint density at radius 1 is 1.26 bits per heavy atom. The lowest BCUT2D eigenvalue weighted by molar-refractivity contribution is -0.196. The van der Waals surface area contributed by atoms with Crippen LogP contribution in [0.3, 0.4) is 0 Å². The summed E-state index contributed by atoms with van der Waals surface area (Å²) in [7, 11) is 2.11. The van der Waals surface area contributed by atoms with Gasteiger partial charge in [0.15, 0.2) is 0 Å². The molecular formula is C17H31N3O3. The van der Waals surface area contributed by atoms with Crippen molar-refractivity contribution in [1.29, 1.82) is 0 Å². The van der Waals surface area contributed by atoms with Crippen molar-refractivity contribution >= 4 is 5.91 Å². The van der Waals surface area contributed by atoms with Crippen molar-refractivity contribution in [3.8, 4) is 0 Å². The average Bonchev–Trinajstić information content (AvgIpc) is 2.53. The number of likely N-dealkylation sites (N-methyl/N-ethyl adjacent to an activating group) is 1. The number of nitrogens with zero attached hydrogens (tertiary/aromatic N) is 3. The highest BCUT2D eigenvalue weighted by atomic mass is 16.6. The number of amides is 1. The maximum absolute atomic E-state index is 12.4. The van der Waals surface area contributed by atoms with Crippen molar-refractivity contribution in [2.75, 3.05) is 66.1 Å². The summed E-state index contributed by atoms with van der Waals surface area (Å²) < 4.78 is 11.9. The minimum absolute atomic E-state index is 0.146. The molecular weight excluding hydrogens is 294 g/mol. The van der Waals surface area contributed by atoms with E-state index in [2.05, 4.69) is 23.8 Å². The van der Waals surface area contributed by atoms with Gasteiger partial charge in [0.25, 0.3) is 0 Å². The summed E-state index contributed by atoms with van der Waals surface area (Å²) in [6.45, 7) is 10.0. The zero-order chi connectivity index (χ0) is 16.3. The molecule has 23 heavy (non-hydrogen) atoms. The lowest BCUT2D eigenvalue weighted by Crippen LogP contribution is -2.59. The summed E-state index contributed by atoms with van der Waals surface area (Å²) in [5.74, 6) is 0.297. The molecule has 0 saturated carbocycles. The zero-order valence-electron chi connectivity index (χ0n) is 14.6. The Hall–Kier alpha value is -0.690. The molecule has 0 radical (unpaired) electrons. The molecule has 0 aromatic carbocycles. The number of carbonyl (C=O) groups excluding carboxylic acids is 1. The van der Waals surface area contributed by atoms with Crippen LogP contribution in [-0.4, -0.2) is 98.4 Å². The summed E-state index contributed by atoms with van der Waals surface area (Å²) in [5.41, 5.74) is -0.146. The topological polar surface area (TPSA) is 45.3 Å². The Balaban J connectivity index is 1.48. The molecule has 132 valence electrons. The molecule has 0 unspecified atom stereocenters. The van der Waals surface area contributed by atoms with Gasteiger partial charge in [-0.15, -0.1) is 0 Å². The van der Waals surface area contributed by atoms with Gasteiger partial charge in [-0.2, -0.15) is 0 Å². The molecule has 3 heterocycles. The van der Waals surface area contributed by atoms with Crippen molar-refractivity contribution in [3.05, 3.63) is 0 Å². The molecule has 3 aliphatic rings. The minimum Gasteiger partial charge on any atom is -0.378 e. The molecule has 0 aliphatic carbocycles. The van der Waals surface area contributed by atoms with E-state index in [0.717, 1.165) is 65.3 Å². The predicted octanol–water partition coefficient (Wildman–Crippen LogP) is 0.420. The summed E-state index contributed by atoms with van der Waals surface area (Å²) in [6.07, 6.45) is 2.97. The van der Waals surface area contributed by atoms with Gasteiger partial charge in [-0.05, 0) is 26.8 Å². The molecule has 3 rings (SSSR count). The van der Waals surface area contributed by atoms with Crippen LogP contribution < -0.4 is 0 Å². The highest BCUT2D eigenvalue weighted by Gasteiger charge is 2.41. The number of rotatable bonds is 3. The van der Waals surface area contributed by atoms with Crippen molar-refractivity contribution in [3.63, 3.8) is 0 Å². The van der Waals surface area contributed by atoms with E-state index >= 15 is 0 Å². The van der Waals surface area contributed by atoms with E-state index in [1.54, 1.807) is 0 Å². The zero-order valence-corrected chi connectivity index (χ0v) is 14.6. The van der Waals surface area contributed by atoms with Gasteiger partial charge in [0.1, 0.15) is 5.60 Å². The van der Waals surface area contributed by atoms with Crippen LogP contribution >= 0.6 is 0 Å². The molecule has 2 atom stereocenters. The SMILES string of the molecule is C[C@@H]1CN(CCC(=O)N2CCN(C)CC2)C[C@]2(CCCOC2)O1. The van der Waals surface area contributed by atoms with E-state index in [4.69, 9.17) is 9.47 Å². The summed E-state index contributed by atoms with van der Waals surface area (Å²) >= 11 is 0. The van der Waals surface area contributed by atoms with Gasteiger partial charge < -0.3 is 19.3 Å². The molecule has 3 fully saturated rings. The quantitative estimate of drug-likeness (QED) is 0.753. The first-order chi connectivity index (χ1) is 11.1. The first-order valence-electron chi connectivity index (χ1n) is 9.01. The Kier molecular flexibility index (Phi) is 5.57. The Labute approximate surface area is 139 Å². The first kappa shape index (κ1) is 17.1. The molecule has 0 N–H and O–H groups in total. The first-order valence-corrected chi connectivity index (χ1v) is 9.01. The fourth-order valence-corrected chi connectivity index (χ4v) is 4.02. The van der Waals surface area contributed by atoms with Crippen LogP contribution in [0.2, 0.25) is 0 Å². The number of piperazine rings is 1. The number of morpholine rings is 1. The van der Waals surface area contributed by atoms with Crippen LogP contribution in [0.15, 0.2) is 0 Å². The maximum Gasteiger partial charge on any atom is 0.223 e. The van der Waals surface area contributed by atoms with Crippen molar-refractivity contribution < 1.29 is 14.3 Å². The Morgan fingerprint density at radius 3 is 2.74 bits per heavy atom. The predicted molar refractivity (Wildman–Crippen MR) is 88.5 cm³/mol. The second-order valence-electron chi connectivity index (χ2n) is 7.44. The van der Waals surface area contributed by atoms with Crippen LogP contribution in [0, 0.1) is 0 Å². The lowest BCUT2D eigenvalue weighted by atomic mass is 9.93. The number of ether oxygens (including phenoxy) is 2. The van der Waals surface area contributed by atoms with Crippen molar-refractivity contribution in [2.24, 2.45) is 0 Å². The van der Waals surface area contributed by atoms with Crippen LogP contribution in [0.4, 0.5) is 0 Å². The fourth-order valence-electron chi connectivity index (χ4n) is 4.02. The second-order valence-corrected chi connectivity index (χ2v) is 7.44. The highest BCUT2D eigenvalue weighted by Crippen LogP contribution is 2.30. The third kappa shape index (κ3) is 4.44. The van der Waals surface area contributed by atoms with Crippen molar-refractivity contribution in [2.45, 2.75) is 37.9 Å². The van der Waals surface area contributed by atoms with Crippen LogP contribution in [0.1, 0.15) is 26.2 Å². The Morgan fingerprint density at radius 2 is 2.04 bits per heavy atom. The average molecular weight is 325 g/mol. The normalized spacial score (nSPS) is 34.0. The van der Waals surface area contributed by atoms with Crippen LogP contribution in [0.5, 0.6) is 0 Å². The summed E-state index contributed by atoms with van der Waals surface area (Å²) in [6, 6.07) is 0. The molecule has 3 aliphatic heterocycles. The summed E-state index contributed by atoms with van der Waals surface area (Å²) in [4.78, 5) is 19.1. The van der Waals surface area contributed by atoms with Crippen molar-refractivity contribution in [1.82, 2.24) is 14.7 Å². The monoisotopic (exact) mass is 325 g/mol. The number of hydrogen-bond donors (Lipinski definition) is 0. The lowest BCUT2D eigenvalue weighted by Gasteiger charge is -2.47. The molecule has 1 spiro atoms. The maximum atomic E-state index is 12.4. The number of carbonyl (C=O) groups is 1. The highest BCUT2D eigenvalue weighted by molar-refractivity contribution is 5.76. The molecule has 6 nitrogen and oxygen atoms in total. The van der Waals surface area contributed by atoms with Gasteiger partial charge in [0.05, 0.1) is 12.7 Å². The van der Waals surface area contributed by atoms with E-state index in [-0.39, 0.29) is 11.7 Å².